The lowest BCUT2D eigenvalue weighted by Gasteiger charge is -2.18. The normalized spacial score (nSPS) is 11.9. The first kappa shape index (κ1) is 29.2. The van der Waals surface area contributed by atoms with Crippen LogP contribution in [0.15, 0.2) is 158 Å². The van der Waals surface area contributed by atoms with Gasteiger partial charge in [-0.15, -0.1) is 0 Å². The first-order valence-corrected chi connectivity index (χ1v) is 17.2. The number of aryl methyl sites for hydroxylation is 3. The summed E-state index contributed by atoms with van der Waals surface area (Å²) < 4.78 is 0. The van der Waals surface area contributed by atoms with E-state index in [2.05, 4.69) is 185 Å². The largest absolute Gasteiger partial charge is 0.0620 e. The van der Waals surface area contributed by atoms with Crippen LogP contribution in [-0.2, 0) is 0 Å². The number of fused-ring (bicyclic) bond motifs is 5. The molecule has 1 aliphatic carbocycles. The Kier molecular flexibility index (Phi) is 6.92. The summed E-state index contributed by atoms with van der Waals surface area (Å²) in [5.41, 5.74) is 19.2. The minimum Gasteiger partial charge on any atom is -0.0620 e. The molecule has 0 N–H and O–H groups in total. The van der Waals surface area contributed by atoms with Gasteiger partial charge < -0.3 is 0 Å². The van der Waals surface area contributed by atoms with E-state index >= 15 is 0 Å². The fraction of sp³-hybridized carbons (Fsp3) is 0.0612. The van der Waals surface area contributed by atoms with Gasteiger partial charge in [-0.3, -0.25) is 0 Å². The molecule has 0 fully saturated rings. The summed E-state index contributed by atoms with van der Waals surface area (Å²) in [6.45, 7) is 6.63. The molecule has 0 amide bonds. The molecule has 8 aromatic rings. The molecule has 0 nitrogen and oxygen atoms in total. The van der Waals surface area contributed by atoms with Gasteiger partial charge in [0.1, 0.15) is 0 Å². The van der Waals surface area contributed by atoms with Gasteiger partial charge >= 0.3 is 0 Å². The molecular formula is C49H36. The van der Waals surface area contributed by atoms with Crippen molar-refractivity contribution < 1.29 is 0 Å². The summed E-state index contributed by atoms with van der Waals surface area (Å²) in [7, 11) is 0. The van der Waals surface area contributed by atoms with Crippen molar-refractivity contribution in [3.05, 3.63) is 191 Å². The first-order valence-electron chi connectivity index (χ1n) is 17.2. The van der Waals surface area contributed by atoms with Crippen LogP contribution in [-0.4, -0.2) is 0 Å². The minimum atomic E-state index is 1.25. The van der Waals surface area contributed by atoms with E-state index in [9.17, 15) is 0 Å². The predicted molar refractivity (Wildman–Crippen MR) is 211 cm³/mol. The summed E-state index contributed by atoms with van der Waals surface area (Å²) in [6.07, 6.45) is 2.49. The van der Waals surface area contributed by atoms with Crippen LogP contribution >= 0.6 is 0 Å². The van der Waals surface area contributed by atoms with E-state index in [0.29, 0.717) is 0 Å². The second-order valence-electron chi connectivity index (χ2n) is 13.4. The second kappa shape index (κ2) is 11.6. The van der Waals surface area contributed by atoms with Crippen LogP contribution in [0.2, 0.25) is 0 Å². The summed E-state index contributed by atoms with van der Waals surface area (Å²) in [4.78, 5) is 0. The number of rotatable bonds is 4. The Morgan fingerprint density at radius 3 is 1.16 bits per heavy atom. The Hall–Kier alpha value is -5.98. The molecule has 9 rings (SSSR count). The quantitative estimate of drug-likeness (QED) is 0.171. The molecule has 0 aromatic heterocycles. The lowest BCUT2D eigenvalue weighted by molar-refractivity contribution is 1.45. The topological polar surface area (TPSA) is 0 Å². The van der Waals surface area contributed by atoms with Crippen molar-refractivity contribution in [2.45, 2.75) is 20.8 Å². The summed E-state index contributed by atoms with van der Waals surface area (Å²) in [5.74, 6) is 0. The van der Waals surface area contributed by atoms with Crippen LogP contribution in [0, 0.1) is 20.8 Å². The molecule has 0 heteroatoms. The number of benzene rings is 8. The summed E-state index contributed by atoms with van der Waals surface area (Å²) >= 11 is 0. The third kappa shape index (κ3) is 4.75. The van der Waals surface area contributed by atoms with E-state index in [4.69, 9.17) is 0 Å². The van der Waals surface area contributed by atoms with Crippen molar-refractivity contribution >= 4 is 33.2 Å². The standard InChI is InChI=1S/C49H36/c1-31-14-4-7-17-36(31)34-24-26-41-42-27-25-35(37-18-8-5-15-32(37)2)29-46(42)48(45(41)28-34)30-47-39-20-10-12-22-43(39)49(38-19-9-6-16-33(38)3)44-23-13-11-21-40(44)47/h4-30H,1-3H3. The highest BCUT2D eigenvalue weighted by Gasteiger charge is 2.26. The minimum absolute atomic E-state index is 1.25. The molecule has 0 radical (unpaired) electrons. The van der Waals surface area contributed by atoms with Gasteiger partial charge in [-0.25, -0.2) is 0 Å². The van der Waals surface area contributed by atoms with Crippen molar-refractivity contribution in [1.82, 2.24) is 0 Å². The van der Waals surface area contributed by atoms with Gasteiger partial charge in [-0.1, -0.05) is 146 Å². The van der Waals surface area contributed by atoms with Crippen LogP contribution in [0.4, 0.5) is 0 Å². The highest BCUT2D eigenvalue weighted by Crippen LogP contribution is 2.49. The van der Waals surface area contributed by atoms with E-state index < -0.39 is 0 Å². The van der Waals surface area contributed by atoms with Crippen LogP contribution in [0.25, 0.3) is 77.7 Å². The fourth-order valence-electron chi connectivity index (χ4n) is 8.04. The van der Waals surface area contributed by atoms with Crippen LogP contribution < -0.4 is 0 Å². The molecule has 0 heterocycles. The van der Waals surface area contributed by atoms with Crippen molar-refractivity contribution in [1.29, 1.82) is 0 Å². The SMILES string of the molecule is Cc1ccccc1-c1ccc2c(c1)C(=Cc1c3ccccc3c(-c3ccccc3C)c3ccccc13)c1cc(-c3ccccc3C)ccc1-2. The van der Waals surface area contributed by atoms with Crippen molar-refractivity contribution in [3.8, 4) is 44.5 Å². The van der Waals surface area contributed by atoms with Gasteiger partial charge in [0.05, 0.1) is 0 Å². The monoisotopic (exact) mass is 624 g/mol. The molecule has 49 heavy (non-hydrogen) atoms. The molecule has 0 aliphatic heterocycles. The molecule has 8 aromatic carbocycles. The van der Waals surface area contributed by atoms with E-state index in [1.807, 2.05) is 0 Å². The average Bonchev–Trinajstić information content (AvgIpc) is 3.44. The number of hydrogen-bond acceptors (Lipinski definition) is 0. The van der Waals surface area contributed by atoms with Crippen molar-refractivity contribution in [2.75, 3.05) is 0 Å². The Morgan fingerprint density at radius 2 is 0.714 bits per heavy atom. The molecule has 0 spiro atoms. The van der Waals surface area contributed by atoms with E-state index in [1.54, 1.807) is 0 Å². The first-order chi connectivity index (χ1) is 24.1. The second-order valence-corrected chi connectivity index (χ2v) is 13.4. The molecule has 0 saturated carbocycles. The van der Waals surface area contributed by atoms with Crippen molar-refractivity contribution in [2.24, 2.45) is 0 Å². The Labute approximate surface area is 288 Å². The molecule has 232 valence electrons. The third-order valence-electron chi connectivity index (χ3n) is 10.5. The van der Waals surface area contributed by atoms with E-state index in [0.717, 1.165) is 0 Å². The van der Waals surface area contributed by atoms with Gasteiger partial charge in [0.15, 0.2) is 0 Å². The Bertz CT molecular complexity index is 2480. The van der Waals surface area contributed by atoms with Gasteiger partial charge in [0.2, 0.25) is 0 Å². The van der Waals surface area contributed by atoms with Gasteiger partial charge in [-0.05, 0) is 144 Å². The Morgan fingerprint density at radius 1 is 0.327 bits per heavy atom. The maximum absolute atomic E-state index is 2.49. The molecule has 0 bridgehead atoms. The highest BCUT2D eigenvalue weighted by molar-refractivity contribution is 6.20. The van der Waals surface area contributed by atoms with Gasteiger partial charge in [0.25, 0.3) is 0 Å². The Balaban J connectivity index is 1.36. The average molecular weight is 625 g/mol. The lowest BCUT2D eigenvalue weighted by Crippen LogP contribution is -1.93. The van der Waals surface area contributed by atoms with Crippen LogP contribution in [0.3, 0.4) is 0 Å². The molecule has 0 atom stereocenters. The zero-order valence-corrected chi connectivity index (χ0v) is 28.1. The molecule has 1 aliphatic rings. The van der Waals surface area contributed by atoms with Crippen molar-refractivity contribution in [3.63, 3.8) is 0 Å². The smallest absolute Gasteiger partial charge is 0.00237 e. The fourth-order valence-corrected chi connectivity index (χ4v) is 8.04. The lowest BCUT2D eigenvalue weighted by atomic mass is 9.85. The summed E-state index contributed by atoms with van der Waals surface area (Å²) in [6, 6.07) is 58.2. The zero-order valence-electron chi connectivity index (χ0n) is 28.1. The molecule has 0 saturated heterocycles. The molecule has 0 unspecified atom stereocenters. The van der Waals surface area contributed by atoms with Gasteiger partial charge in [-0.2, -0.15) is 0 Å². The van der Waals surface area contributed by atoms with Gasteiger partial charge in [0, 0.05) is 0 Å². The number of hydrogen-bond donors (Lipinski definition) is 0. The maximum Gasteiger partial charge on any atom is -0.00237 e. The summed E-state index contributed by atoms with van der Waals surface area (Å²) in [5, 5.41) is 5.10. The van der Waals surface area contributed by atoms with Crippen LogP contribution in [0.1, 0.15) is 33.4 Å². The molecular weight excluding hydrogens is 589 g/mol. The maximum atomic E-state index is 2.49. The third-order valence-corrected chi connectivity index (χ3v) is 10.5. The predicted octanol–water partition coefficient (Wildman–Crippen LogP) is 13.5. The van der Waals surface area contributed by atoms with E-state index in [1.165, 1.54) is 105 Å². The van der Waals surface area contributed by atoms with E-state index in [-0.39, 0.29) is 0 Å². The highest BCUT2D eigenvalue weighted by atomic mass is 14.3. The zero-order chi connectivity index (χ0) is 33.1. The van der Waals surface area contributed by atoms with Crippen LogP contribution in [0.5, 0.6) is 0 Å².